The Kier molecular flexibility index (Phi) is 6.42. The van der Waals surface area contributed by atoms with Crippen LogP contribution in [0.15, 0.2) is 29.1 Å². The number of rotatable bonds is 5. The summed E-state index contributed by atoms with van der Waals surface area (Å²) >= 11 is 0. The van der Waals surface area contributed by atoms with Crippen LogP contribution in [0, 0.1) is 6.92 Å². The highest BCUT2D eigenvalue weighted by Crippen LogP contribution is 2.32. The van der Waals surface area contributed by atoms with Crippen molar-refractivity contribution >= 4 is 11.6 Å². The Morgan fingerprint density at radius 1 is 1.03 bits per heavy atom. The third kappa shape index (κ3) is 4.10. The van der Waals surface area contributed by atoms with Gasteiger partial charge < -0.3 is 4.74 Å². The van der Waals surface area contributed by atoms with Gasteiger partial charge in [-0.2, -0.15) is 0 Å². The van der Waals surface area contributed by atoms with Gasteiger partial charge in [0, 0.05) is 23.0 Å². The minimum atomic E-state index is 0.106. The second-order valence-corrected chi connectivity index (χ2v) is 8.43. The van der Waals surface area contributed by atoms with E-state index in [9.17, 15) is 4.79 Å². The zero-order chi connectivity index (χ0) is 21.1. The Balaban J connectivity index is 1.75. The van der Waals surface area contributed by atoms with Crippen LogP contribution in [0.3, 0.4) is 0 Å². The van der Waals surface area contributed by atoms with E-state index < -0.39 is 0 Å². The molecule has 0 spiro atoms. The van der Waals surface area contributed by atoms with E-state index in [1.807, 2.05) is 37.5 Å². The van der Waals surface area contributed by atoms with Crippen molar-refractivity contribution in [1.29, 1.82) is 0 Å². The minimum Gasteiger partial charge on any atom is -0.494 e. The Morgan fingerprint density at radius 2 is 1.73 bits per heavy atom. The van der Waals surface area contributed by atoms with E-state index in [0.717, 1.165) is 35.3 Å². The molecular weight excluding hydrogens is 376 g/mol. The van der Waals surface area contributed by atoms with E-state index in [0.29, 0.717) is 25.7 Å². The van der Waals surface area contributed by atoms with Gasteiger partial charge in [0.2, 0.25) is 5.95 Å². The molecule has 30 heavy (non-hydrogen) atoms. The van der Waals surface area contributed by atoms with Crippen molar-refractivity contribution in [3.63, 3.8) is 0 Å². The summed E-state index contributed by atoms with van der Waals surface area (Å²) in [5, 5.41) is 0. The molecule has 1 aliphatic carbocycles. The van der Waals surface area contributed by atoms with Gasteiger partial charge in [-0.25, -0.2) is 4.98 Å². The zero-order valence-electron chi connectivity index (χ0n) is 18.6. The quantitative estimate of drug-likeness (QED) is 0.674. The highest BCUT2D eigenvalue weighted by Gasteiger charge is 2.31. The lowest BCUT2D eigenvalue weighted by molar-refractivity contribution is 0.123. The van der Waals surface area contributed by atoms with E-state index in [4.69, 9.17) is 9.72 Å². The van der Waals surface area contributed by atoms with Crippen LogP contribution >= 0.6 is 0 Å². The molecule has 162 valence electrons. The molecule has 2 heterocycles. The molecule has 0 amide bonds. The third-order valence-corrected chi connectivity index (χ3v) is 6.49. The summed E-state index contributed by atoms with van der Waals surface area (Å²) in [5.41, 5.74) is 2.82. The van der Waals surface area contributed by atoms with Gasteiger partial charge in [0.15, 0.2) is 0 Å². The maximum absolute atomic E-state index is 13.3. The maximum Gasteiger partial charge on any atom is 0.259 e. The van der Waals surface area contributed by atoms with Gasteiger partial charge in [0.1, 0.15) is 5.75 Å². The lowest BCUT2D eigenvalue weighted by Gasteiger charge is -2.42. The molecule has 1 aromatic carbocycles. The fourth-order valence-electron chi connectivity index (χ4n) is 4.84. The van der Waals surface area contributed by atoms with Crippen LogP contribution in [0.5, 0.6) is 5.75 Å². The number of ether oxygens (including phenoxy) is 1. The van der Waals surface area contributed by atoms with E-state index in [-0.39, 0.29) is 5.56 Å². The van der Waals surface area contributed by atoms with Gasteiger partial charge in [-0.3, -0.25) is 19.2 Å². The molecule has 1 saturated carbocycles. The molecule has 6 heteroatoms. The first-order valence-corrected chi connectivity index (χ1v) is 11.5. The summed E-state index contributed by atoms with van der Waals surface area (Å²) in [4.78, 5) is 22.9. The fourth-order valence-corrected chi connectivity index (χ4v) is 4.84. The molecular formula is C24H34N4O2. The molecule has 0 atom stereocenters. The van der Waals surface area contributed by atoms with Crippen molar-refractivity contribution in [2.45, 2.75) is 78.4 Å². The SMILES string of the molecule is CCOc1ccc(N2CN(C3CCCCCC3)Cn3c2nc(C)c(CC)c3=O)cc1. The second kappa shape index (κ2) is 9.21. The summed E-state index contributed by atoms with van der Waals surface area (Å²) in [6, 6.07) is 8.66. The number of benzene rings is 1. The second-order valence-electron chi connectivity index (χ2n) is 8.43. The maximum atomic E-state index is 13.3. The van der Waals surface area contributed by atoms with Crippen molar-refractivity contribution in [2.75, 3.05) is 18.2 Å². The lowest BCUT2D eigenvalue weighted by atomic mass is 10.1. The standard InChI is InChI=1S/C24H34N4O2/c1-4-22-18(3)25-24-27(20-12-14-21(15-13-20)30-5-2)16-26(17-28(24)23(22)29)19-10-8-6-7-9-11-19/h12-15,19H,4-11,16-17H2,1-3H3. The molecule has 0 saturated heterocycles. The molecule has 0 N–H and O–H groups in total. The van der Waals surface area contributed by atoms with Crippen LogP contribution in [-0.2, 0) is 13.1 Å². The van der Waals surface area contributed by atoms with Gasteiger partial charge in [0.05, 0.1) is 19.9 Å². The molecule has 2 aliphatic rings. The summed E-state index contributed by atoms with van der Waals surface area (Å²) in [6.45, 7) is 8.02. The number of aryl methyl sites for hydroxylation is 1. The molecule has 0 unspecified atom stereocenters. The predicted octanol–water partition coefficient (Wildman–Crippen LogP) is 4.60. The molecule has 6 nitrogen and oxygen atoms in total. The van der Waals surface area contributed by atoms with Gasteiger partial charge >= 0.3 is 0 Å². The Labute approximate surface area is 179 Å². The number of hydrogen-bond acceptors (Lipinski definition) is 5. The van der Waals surface area contributed by atoms with Crippen LogP contribution in [0.4, 0.5) is 11.6 Å². The fraction of sp³-hybridized carbons (Fsp3) is 0.583. The summed E-state index contributed by atoms with van der Waals surface area (Å²) in [6.07, 6.45) is 8.33. The number of fused-ring (bicyclic) bond motifs is 1. The normalized spacial score (nSPS) is 18.2. The van der Waals surface area contributed by atoms with E-state index in [2.05, 4.69) is 21.9 Å². The van der Waals surface area contributed by atoms with Gasteiger partial charge in [-0.05, 0) is 57.4 Å². The number of nitrogens with zero attached hydrogens (tertiary/aromatic N) is 4. The molecule has 1 aromatic heterocycles. The topological polar surface area (TPSA) is 50.6 Å². The van der Waals surface area contributed by atoms with Gasteiger partial charge in [0.25, 0.3) is 5.56 Å². The summed E-state index contributed by atoms with van der Waals surface area (Å²) < 4.78 is 7.50. The van der Waals surface area contributed by atoms with Crippen molar-refractivity contribution in [3.05, 3.63) is 45.9 Å². The first kappa shape index (κ1) is 20.9. The van der Waals surface area contributed by atoms with Crippen LogP contribution in [-0.4, -0.2) is 33.8 Å². The first-order chi connectivity index (χ1) is 14.6. The van der Waals surface area contributed by atoms with Crippen LogP contribution in [0.1, 0.15) is 63.6 Å². The Hall–Kier alpha value is -2.34. The van der Waals surface area contributed by atoms with Crippen molar-refractivity contribution < 1.29 is 4.74 Å². The van der Waals surface area contributed by atoms with Crippen LogP contribution in [0.2, 0.25) is 0 Å². The molecule has 1 fully saturated rings. The monoisotopic (exact) mass is 410 g/mol. The lowest BCUT2D eigenvalue weighted by Crippen LogP contribution is -2.51. The molecule has 1 aliphatic heterocycles. The number of anilines is 2. The zero-order valence-corrected chi connectivity index (χ0v) is 18.6. The molecule has 0 radical (unpaired) electrons. The van der Waals surface area contributed by atoms with E-state index in [1.165, 1.54) is 38.5 Å². The third-order valence-electron chi connectivity index (χ3n) is 6.49. The van der Waals surface area contributed by atoms with Crippen molar-refractivity contribution in [1.82, 2.24) is 14.5 Å². The van der Waals surface area contributed by atoms with Gasteiger partial charge in [-0.15, -0.1) is 0 Å². The molecule has 4 rings (SSSR count). The highest BCUT2D eigenvalue weighted by atomic mass is 16.5. The van der Waals surface area contributed by atoms with Crippen LogP contribution in [0.25, 0.3) is 0 Å². The minimum absolute atomic E-state index is 0.106. The Morgan fingerprint density at radius 3 is 2.37 bits per heavy atom. The first-order valence-electron chi connectivity index (χ1n) is 11.5. The van der Waals surface area contributed by atoms with Crippen molar-refractivity contribution in [2.24, 2.45) is 0 Å². The summed E-state index contributed by atoms with van der Waals surface area (Å²) in [5.74, 6) is 1.62. The van der Waals surface area contributed by atoms with E-state index in [1.54, 1.807) is 0 Å². The molecule has 2 aromatic rings. The smallest absolute Gasteiger partial charge is 0.259 e. The molecule has 0 bridgehead atoms. The average Bonchev–Trinajstić information content (AvgIpc) is 3.04. The number of aromatic nitrogens is 2. The largest absolute Gasteiger partial charge is 0.494 e. The number of hydrogen-bond donors (Lipinski definition) is 0. The highest BCUT2D eigenvalue weighted by molar-refractivity contribution is 5.59. The van der Waals surface area contributed by atoms with E-state index >= 15 is 0 Å². The Bertz CT molecular complexity index is 914. The predicted molar refractivity (Wildman–Crippen MR) is 121 cm³/mol. The summed E-state index contributed by atoms with van der Waals surface area (Å²) in [7, 11) is 0. The van der Waals surface area contributed by atoms with Gasteiger partial charge in [-0.1, -0.05) is 32.6 Å². The van der Waals surface area contributed by atoms with Crippen LogP contribution < -0.4 is 15.2 Å². The van der Waals surface area contributed by atoms with Crippen molar-refractivity contribution in [3.8, 4) is 5.75 Å². The average molecular weight is 411 g/mol.